The van der Waals surface area contributed by atoms with Gasteiger partial charge in [-0.3, -0.25) is 9.59 Å². The molecule has 2 bridgehead atoms. The van der Waals surface area contributed by atoms with Crippen LogP contribution in [0.15, 0.2) is 53.3 Å². The standard InChI is InChI=1S/C25H32N4O3/c1-2-3-12-26-24(31)21(14-18-8-5-4-6-9-18)27-25(32)28-15-19-13-20(17-28)22-10-7-11-23(30)29(22)16-19/h4-11,19-21H,2-3,12-17H2,1H3,(H,26,31)(H,27,32)/t19-,20+,21-/m0/s1. The van der Waals surface area contributed by atoms with E-state index in [9.17, 15) is 14.4 Å². The van der Waals surface area contributed by atoms with Crippen molar-refractivity contribution in [1.29, 1.82) is 0 Å². The molecule has 0 saturated carbocycles. The van der Waals surface area contributed by atoms with Gasteiger partial charge in [0, 0.05) is 50.3 Å². The summed E-state index contributed by atoms with van der Waals surface area (Å²) in [5.74, 6) is 0.246. The van der Waals surface area contributed by atoms with Gasteiger partial charge in [-0.05, 0) is 30.4 Å². The molecule has 0 radical (unpaired) electrons. The molecule has 2 aliphatic rings. The molecule has 0 unspecified atom stereocenters. The Morgan fingerprint density at radius 2 is 1.88 bits per heavy atom. The van der Waals surface area contributed by atoms with E-state index in [-0.39, 0.29) is 29.3 Å². The van der Waals surface area contributed by atoms with E-state index in [0.717, 1.165) is 30.5 Å². The molecule has 3 amide bonds. The number of aromatic nitrogens is 1. The zero-order valence-electron chi connectivity index (χ0n) is 18.6. The third-order valence-corrected chi connectivity index (χ3v) is 6.49. The number of nitrogens with one attached hydrogen (secondary N) is 2. The first kappa shape index (κ1) is 22.1. The first-order valence-electron chi connectivity index (χ1n) is 11.6. The molecule has 7 heteroatoms. The van der Waals surface area contributed by atoms with Crippen LogP contribution in [0.5, 0.6) is 0 Å². The van der Waals surface area contributed by atoms with Crippen LogP contribution in [-0.2, 0) is 17.8 Å². The van der Waals surface area contributed by atoms with E-state index in [1.165, 1.54) is 0 Å². The van der Waals surface area contributed by atoms with Gasteiger partial charge in [0.1, 0.15) is 6.04 Å². The van der Waals surface area contributed by atoms with Crippen molar-refractivity contribution >= 4 is 11.9 Å². The lowest BCUT2D eigenvalue weighted by atomic mass is 9.83. The number of pyridine rings is 1. The number of unbranched alkanes of at least 4 members (excludes halogenated alkanes) is 1. The Kier molecular flexibility index (Phi) is 6.93. The normalized spacial score (nSPS) is 20.2. The van der Waals surface area contributed by atoms with Gasteiger partial charge in [-0.25, -0.2) is 4.79 Å². The second-order valence-corrected chi connectivity index (χ2v) is 8.94. The van der Waals surface area contributed by atoms with Gasteiger partial charge in [0.15, 0.2) is 0 Å². The number of piperidine rings is 1. The molecule has 2 aromatic rings. The maximum Gasteiger partial charge on any atom is 0.318 e. The summed E-state index contributed by atoms with van der Waals surface area (Å²) >= 11 is 0. The van der Waals surface area contributed by atoms with Crippen molar-refractivity contribution in [3.63, 3.8) is 0 Å². The predicted octanol–water partition coefficient (Wildman–Crippen LogP) is 2.50. The minimum absolute atomic E-state index is 0.0294. The predicted molar refractivity (Wildman–Crippen MR) is 124 cm³/mol. The summed E-state index contributed by atoms with van der Waals surface area (Å²) in [6.45, 7) is 4.48. The third kappa shape index (κ3) is 5.03. The first-order valence-corrected chi connectivity index (χ1v) is 11.6. The van der Waals surface area contributed by atoms with Crippen LogP contribution in [0.1, 0.15) is 43.4 Å². The number of fused-ring (bicyclic) bond motifs is 4. The second kappa shape index (κ2) is 10.0. The number of amides is 3. The molecule has 1 fully saturated rings. The van der Waals surface area contributed by atoms with Gasteiger partial charge >= 0.3 is 6.03 Å². The van der Waals surface area contributed by atoms with Crippen molar-refractivity contribution in [1.82, 2.24) is 20.1 Å². The van der Waals surface area contributed by atoms with Gasteiger partial charge in [0.05, 0.1) is 0 Å². The molecule has 1 saturated heterocycles. The third-order valence-electron chi connectivity index (χ3n) is 6.49. The maximum atomic E-state index is 13.2. The van der Waals surface area contributed by atoms with E-state index in [0.29, 0.717) is 32.6 Å². The summed E-state index contributed by atoms with van der Waals surface area (Å²) in [5, 5.41) is 5.95. The highest BCUT2D eigenvalue weighted by atomic mass is 16.2. The van der Waals surface area contributed by atoms with Gasteiger partial charge in [0.2, 0.25) is 5.91 Å². The number of hydrogen-bond donors (Lipinski definition) is 2. The highest BCUT2D eigenvalue weighted by Crippen LogP contribution is 2.34. The molecule has 4 rings (SSSR count). The number of urea groups is 1. The van der Waals surface area contributed by atoms with E-state index in [2.05, 4.69) is 17.6 Å². The number of nitrogens with zero attached hydrogens (tertiary/aromatic N) is 2. The van der Waals surface area contributed by atoms with Crippen LogP contribution in [0.4, 0.5) is 4.79 Å². The van der Waals surface area contributed by atoms with Crippen LogP contribution in [0.3, 0.4) is 0 Å². The van der Waals surface area contributed by atoms with Crippen LogP contribution in [0, 0.1) is 5.92 Å². The molecular formula is C25H32N4O3. The van der Waals surface area contributed by atoms with Gasteiger partial charge in [-0.2, -0.15) is 0 Å². The highest BCUT2D eigenvalue weighted by Gasteiger charge is 2.37. The van der Waals surface area contributed by atoms with Crippen molar-refractivity contribution in [3.8, 4) is 0 Å². The maximum absolute atomic E-state index is 13.2. The Bertz CT molecular complexity index is 1000. The summed E-state index contributed by atoms with van der Waals surface area (Å²) < 4.78 is 1.85. The number of carbonyl (C=O) groups is 2. The van der Waals surface area contributed by atoms with Crippen LogP contribution in [-0.4, -0.2) is 47.1 Å². The quantitative estimate of drug-likeness (QED) is 0.654. The minimum atomic E-state index is -0.626. The van der Waals surface area contributed by atoms with Crippen molar-refractivity contribution in [2.45, 2.75) is 51.1 Å². The lowest BCUT2D eigenvalue weighted by molar-refractivity contribution is -0.122. The molecular weight excluding hydrogens is 404 g/mol. The highest BCUT2D eigenvalue weighted by molar-refractivity contribution is 5.87. The Morgan fingerprint density at radius 3 is 2.66 bits per heavy atom. The smallest absolute Gasteiger partial charge is 0.318 e. The van der Waals surface area contributed by atoms with Crippen molar-refractivity contribution in [2.24, 2.45) is 5.92 Å². The Morgan fingerprint density at radius 1 is 1.06 bits per heavy atom. The van der Waals surface area contributed by atoms with Crippen molar-refractivity contribution in [2.75, 3.05) is 19.6 Å². The lowest BCUT2D eigenvalue weighted by Crippen LogP contribution is -2.56. The SMILES string of the molecule is CCCCNC(=O)[C@H](Cc1ccccc1)NC(=O)N1C[C@@H]2C[C@H](C1)c1cccc(=O)n1C2. The molecule has 0 aliphatic carbocycles. The molecule has 2 N–H and O–H groups in total. The van der Waals surface area contributed by atoms with Crippen LogP contribution >= 0.6 is 0 Å². The summed E-state index contributed by atoms with van der Waals surface area (Å²) in [4.78, 5) is 40.1. The Labute approximate surface area is 188 Å². The molecule has 2 aliphatic heterocycles. The number of likely N-dealkylation sites (tertiary alicyclic amines) is 1. The van der Waals surface area contributed by atoms with Crippen LogP contribution in [0.2, 0.25) is 0 Å². The summed E-state index contributed by atoms with van der Waals surface area (Å²) in [6, 6.07) is 14.3. The van der Waals surface area contributed by atoms with Crippen LogP contribution < -0.4 is 16.2 Å². The number of hydrogen-bond acceptors (Lipinski definition) is 3. The van der Waals surface area contributed by atoms with Gasteiger partial charge in [-0.1, -0.05) is 49.7 Å². The summed E-state index contributed by atoms with van der Waals surface area (Å²) in [6.07, 6.45) is 3.34. The zero-order chi connectivity index (χ0) is 22.5. The molecule has 32 heavy (non-hydrogen) atoms. The van der Waals surface area contributed by atoms with Gasteiger partial charge in [-0.15, -0.1) is 0 Å². The fourth-order valence-corrected chi connectivity index (χ4v) is 4.87. The van der Waals surface area contributed by atoms with Crippen molar-refractivity contribution in [3.05, 3.63) is 70.1 Å². The molecule has 1 aromatic carbocycles. The molecule has 7 nitrogen and oxygen atoms in total. The minimum Gasteiger partial charge on any atom is -0.354 e. The number of rotatable bonds is 7. The Hall–Kier alpha value is -3.09. The number of benzene rings is 1. The fourth-order valence-electron chi connectivity index (χ4n) is 4.87. The number of carbonyl (C=O) groups excluding carboxylic acids is 2. The average Bonchev–Trinajstić information content (AvgIpc) is 2.80. The molecule has 3 heterocycles. The van der Waals surface area contributed by atoms with Crippen molar-refractivity contribution < 1.29 is 9.59 Å². The van der Waals surface area contributed by atoms with Gasteiger partial charge in [0.25, 0.3) is 5.56 Å². The van der Waals surface area contributed by atoms with E-state index < -0.39 is 6.04 Å². The first-order chi connectivity index (χ1) is 15.5. The monoisotopic (exact) mass is 436 g/mol. The Balaban J connectivity index is 1.45. The largest absolute Gasteiger partial charge is 0.354 e. The topological polar surface area (TPSA) is 83.4 Å². The van der Waals surface area contributed by atoms with Gasteiger partial charge < -0.3 is 20.1 Å². The lowest BCUT2D eigenvalue weighted by Gasteiger charge is -2.43. The second-order valence-electron chi connectivity index (χ2n) is 8.94. The molecule has 1 aromatic heterocycles. The average molecular weight is 437 g/mol. The van der Waals surface area contributed by atoms with E-state index >= 15 is 0 Å². The van der Waals surface area contributed by atoms with Crippen LogP contribution in [0.25, 0.3) is 0 Å². The molecule has 0 spiro atoms. The van der Waals surface area contributed by atoms with E-state index in [4.69, 9.17) is 0 Å². The van der Waals surface area contributed by atoms with E-state index in [1.54, 1.807) is 12.1 Å². The summed E-state index contributed by atoms with van der Waals surface area (Å²) in [7, 11) is 0. The zero-order valence-corrected chi connectivity index (χ0v) is 18.6. The summed E-state index contributed by atoms with van der Waals surface area (Å²) in [5.41, 5.74) is 2.04. The molecule has 170 valence electrons. The molecule has 3 atom stereocenters. The fraction of sp³-hybridized carbons (Fsp3) is 0.480. The van der Waals surface area contributed by atoms with E-state index in [1.807, 2.05) is 45.9 Å².